The van der Waals surface area contributed by atoms with Crippen LogP contribution in [0.2, 0.25) is 0 Å². The zero-order chi connectivity index (χ0) is 19.8. The average molecular weight is 373 g/mol. The van der Waals surface area contributed by atoms with E-state index in [0.29, 0.717) is 12.1 Å². The number of ether oxygens (including phenoxy) is 1. The molecule has 0 spiro atoms. The molecule has 4 nitrogen and oxygen atoms in total. The zero-order valence-corrected chi connectivity index (χ0v) is 15.8. The van der Waals surface area contributed by atoms with Gasteiger partial charge in [0.1, 0.15) is 0 Å². The van der Waals surface area contributed by atoms with Gasteiger partial charge in [0, 0.05) is 11.3 Å². The summed E-state index contributed by atoms with van der Waals surface area (Å²) in [6.07, 6.45) is 0.612. The van der Waals surface area contributed by atoms with Gasteiger partial charge in [-0.15, -0.1) is 0 Å². The van der Waals surface area contributed by atoms with Crippen molar-refractivity contribution in [2.75, 3.05) is 11.9 Å². The molecule has 3 aromatic rings. The minimum atomic E-state index is -0.389. The van der Waals surface area contributed by atoms with Crippen LogP contribution in [0.1, 0.15) is 24.8 Å². The molecule has 0 aliphatic heterocycles. The lowest BCUT2D eigenvalue weighted by molar-refractivity contribution is -0.149. The lowest BCUT2D eigenvalue weighted by atomic mass is 9.97. The molecule has 3 rings (SSSR count). The average Bonchev–Trinajstić information content (AvgIpc) is 2.74. The maximum atomic E-state index is 12.4. The molecule has 0 fully saturated rings. The quantitative estimate of drug-likeness (QED) is 0.591. The molecule has 0 unspecified atom stereocenters. The second kappa shape index (κ2) is 9.51. The van der Waals surface area contributed by atoms with E-state index in [1.807, 2.05) is 91.9 Å². The number of anilines is 1. The Hall–Kier alpha value is -3.40. The first kappa shape index (κ1) is 19.4. The van der Waals surface area contributed by atoms with Crippen molar-refractivity contribution in [1.82, 2.24) is 0 Å². The van der Waals surface area contributed by atoms with Crippen LogP contribution in [0.3, 0.4) is 0 Å². The molecule has 0 bridgehead atoms. The Bertz CT molecular complexity index is 923. The molecule has 1 amide bonds. The third-order valence-electron chi connectivity index (χ3n) is 4.53. The van der Waals surface area contributed by atoms with Crippen LogP contribution in [0.5, 0.6) is 0 Å². The Morgan fingerprint density at radius 3 is 2.14 bits per heavy atom. The minimum Gasteiger partial charge on any atom is -0.455 e. The Morgan fingerprint density at radius 2 is 1.46 bits per heavy atom. The molecule has 0 saturated carbocycles. The van der Waals surface area contributed by atoms with Crippen LogP contribution in [-0.2, 0) is 14.3 Å². The van der Waals surface area contributed by atoms with Crippen molar-refractivity contribution in [3.05, 3.63) is 90.5 Å². The largest absolute Gasteiger partial charge is 0.455 e. The third kappa shape index (κ3) is 4.86. The van der Waals surface area contributed by atoms with Gasteiger partial charge in [0.25, 0.3) is 5.91 Å². The molecular weight excluding hydrogens is 350 g/mol. The van der Waals surface area contributed by atoms with E-state index < -0.39 is 0 Å². The van der Waals surface area contributed by atoms with Gasteiger partial charge in [-0.05, 0) is 23.6 Å². The van der Waals surface area contributed by atoms with Gasteiger partial charge >= 0.3 is 5.97 Å². The van der Waals surface area contributed by atoms with Crippen LogP contribution in [0.15, 0.2) is 84.9 Å². The molecule has 0 aliphatic rings. The van der Waals surface area contributed by atoms with Gasteiger partial charge in [-0.3, -0.25) is 9.59 Å². The number of hydrogen-bond donors (Lipinski definition) is 1. The fourth-order valence-electron chi connectivity index (χ4n) is 3.11. The maximum absolute atomic E-state index is 12.4. The number of hydrogen-bond acceptors (Lipinski definition) is 3. The second-order valence-corrected chi connectivity index (χ2v) is 6.44. The summed E-state index contributed by atoms with van der Waals surface area (Å²) < 4.78 is 5.28. The molecule has 0 heterocycles. The molecule has 1 atom stereocenters. The van der Waals surface area contributed by atoms with Crippen molar-refractivity contribution in [1.29, 1.82) is 0 Å². The van der Waals surface area contributed by atoms with Crippen LogP contribution >= 0.6 is 0 Å². The van der Waals surface area contributed by atoms with Crippen molar-refractivity contribution in [3.8, 4) is 11.1 Å². The van der Waals surface area contributed by atoms with E-state index in [-0.39, 0.29) is 24.4 Å². The SMILES string of the molecule is CC[C@@H](C(=O)OCC(=O)Nc1ccccc1-c1ccccc1)c1ccccc1. The number of benzene rings is 3. The summed E-state index contributed by atoms with van der Waals surface area (Å²) in [5.74, 6) is -1.12. The van der Waals surface area contributed by atoms with Crippen molar-refractivity contribution in [3.63, 3.8) is 0 Å². The van der Waals surface area contributed by atoms with E-state index in [9.17, 15) is 9.59 Å². The Labute approximate surface area is 165 Å². The standard InChI is InChI=1S/C24H23NO3/c1-2-20(18-11-5-3-6-12-18)24(27)28-17-23(26)25-22-16-10-9-15-21(22)19-13-7-4-8-14-19/h3-16,20H,2,17H2,1H3,(H,25,26)/t20-/m1/s1. The van der Waals surface area contributed by atoms with E-state index >= 15 is 0 Å². The second-order valence-electron chi connectivity index (χ2n) is 6.44. The summed E-state index contributed by atoms with van der Waals surface area (Å²) in [6, 6.07) is 26.8. The van der Waals surface area contributed by atoms with E-state index in [4.69, 9.17) is 4.74 Å². The summed E-state index contributed by atoms with van der Waals surface area (Å²) in [6.45, 7) is 1.61. The Kier molecular flexibility index (Phi) is 6.58. The number of rotatable bonds is 7. The van der Waals surface area contributed by atoms with E-state index in [0.717, 1.165) is 16.7 Å². The van der Waals surface area contributed by atoms with E-state index in [2.05, 4.69) is 5.32 Å². The summed E-state index contributed by atoms with van der Waals surface area (Å²) >= 11 is 0. The normalized spacial score (nSPS) is 11.5. The fourth-order valence-corrected chi connectivity index (χ4v) is 3.11. The number of esters is 1. The van der Waals surface area contributed by atoms with E-state index in [1.54, 1.807) is 0 Å². The first-order valence-electron chi connectivity index (χ1n) is 9.35. The predicted molar refractivity (Wildman–Crippen MR) is 111 cm³/mol. The lowest BCUT2D eigenvalue weighted by Gasteiger charge is -2.15. The Balaban J connectivity index is 1.63. The zero-order valence-electron chi connectivity index (χ0n) is 15.8. The van der Waals surface area contributed by atoms with Gasteiger partial charge in [-0.2, -0.15) is 0 Å². The molecule has 4 heteroatoms. The first-order valence-corrected chi connectivity index (χ1v) is 9.35. The third-order valence-corrected chi connectivity index (χ3v) is 4.53. The van der Waals surface area contributed by atoms with Gasteiger partial charge in [0.15, 0.2) is 6.61 Å². The summed E-state index contributed by atoms with van der Waals surface area (Å²) in [5, 5.41) is 2.84. The van der Waals surface area contributed by atoms with Crippen molar-refractivity contribution >= 4 is 17.6 Å². The van der Waals surface area contributed by atoms with Crippen molar-refractivity contribution < 1.29 is 14.3 Å². The van der Waals surface area contributed by atoms with Crippen LogP contribution in [0, 0.1) is 0 Å². The van der Waals surface area contributed by atoms with Gasteiger partial charge in [0.05, 0.1) is 5.92 Å². The Morgan fingerprint density at radius 1 is 0.857 bits per heavy atom. The maximum Gasteiger partial charge on any atom is 0.313 e. The number of para-hydroxylation sites is 1. The predicted octanol–water partition coefficient (Wildman–Crippen LogP) is 5.03. The highest BCUT2D eigenvalue weighted by Crippen LogP contribution is 2.27. The molecular formula is C24H23NO3. The number of nitrogens with one attached hydrogen (secondary N) is 1. The molecule has 1 N–H and O–H groups in total. The summed E-state index contributed by atoms with van der Waals surface area (Å²) in [5.41, 5.74) is 3.50. The fraction of sp³-hybridized carbons (Fsp3) is 0.167. The summed E-state index contributed by atoms with van der Waals surface area (Å²) in [7, 11) is 0. The van der Waals surface area contributed by atoms with Gasteiger partial charge in [-0.1, -0.05) is 85.8 Å². The minimum absolute atomic E-state index is 0.314. The van der Waals surface area contributed by atoms with Gasteiger partial charge < -0.3 is 10.1 Å². The molecule has 28 heavy (non-hydrogen) atoms. The number of carbonyl (C=O) groups excluding carboxylic acids is 2. The monoisotopic (exact) mass is 373 g/mol. The molecule has 142 valence electrons. The molecule has 0 aliphatic carbocycles. The van der Waals surface area contributed by atoms with Crippen LogP contribution in [0.4, 0.5) is 5.69 Å². The highest BCUT2D eigenvalue weighted by molar-refractivity contribution is 5.97. The van der Waals surface area contributed by atoms with Crippen LogP contribution in [0.25, 0.3) is 11.1 Å². The highest BCUT2D eigenvalue weighted by atomic mass is 16.5. The molecule has 0 saturated heterocycles. The smallest absolute Gasteiger partial charge is 0.313 e. The number of carbonyl (C=O) groups is 2. The first-order chi connectivity index (χ1) is 13.7. The lowest BCUT2D eigenvalue weighted by Crippen LogP contribution is -2.24. The summed E-state index contributed by atoms with van der Waals surface area (Å²) in [4.78, 5) is 24.8. The molecule has 0 radical (unpaired) electrons. The van der Waals surface area contributed by atoms with Crippen LogP contribution in [-0.4, -0.2) is 18.5 Å². The van der Waals surface area contributed by atoms with Crippen molar-refractivity contribution in [2.24, 2.45) is 0 Å². The number of amides is 1. The van der Waals surface area contributed by atoms with Gasteiger partial charge in [-0.25, -0.2) is 0 Å². The molecule has 3 aromatic carbocycles. The highest BCUT2D eigenvalue weighted by Gasteiger charge is 2.21. The van der Waals surface area contributed by atoms with E-state index in [1.165, 1.54) is 0 Å². The topological polar surface area (TPSA) is 55.4 Å². The van der Waals surface area contributed by atoms with Crippen LogP contribution < -0.4 is 5.32 Å². The van der Waals surface area contributed by atoms with Gasteiger partial charge in [0.2, 0.25) is 0 Å². The van der Waals surface area contributed by atoms with Crippen molar-refractivity contribution in [2.45, 2.75) is 19.3 Å². The molecule has 0 aromatic heterocycles.